The largest absolute Gasteiger partial charge is 1.00 e. The number of para-hydroxylation sites is 1. The molecule has 5 atom stereocenters. The topological polar surface area (TPSA) is 42.4 Å². The zero-order valence-corrected chi connectivity index (χ0v) is 24.4. The monoisotopic (exact) mass is 589 g/mol. The number of esters is 1. The van der Waals surface area contributed by atoms with E-state index in [1.54, 1.807) is 11.8 Å². The van der Waals surface area contributed by atoms with Crippen LogP contribution in [0.25, 0.3) is 10.9 Å². The lowest BCUT2D eigenvalue weighted by Gasteiger charge is -2.51. The zero-order valence-electron chi connectivity index (χ0n) is 22.1. The van der Waals surface area contributed by atoms with Crippen LogP contribution in [-0.4, -0.2) is 35.0 Å². The molecule has 1 aromatic heterocycles. The number of rotatable bonds is 8. The van der Waals surface area contributed by atoms with Gasteiger partial charge in [0.05, 0.1) is 17.1 Å². The molecule has 3 aliphatic rings. The molecule has 0 amide bonds. The molecular weight excluding hydrogens is 559 g/mol. The third-order valence-corrected chi connectivity index (χ3v) is 9.47. The molecule has 3 fully saturated rings. The van der Waals surface area contributed by atoms with E-state index in [1.807, 2.05) is 79.0 Å². The Bertz CT molecular complexity index is 1470. The minimum Gasteiger partial charge on any atom is -1.00 e. The number of aromatic nitrogens is 1. The number of piperidine rings is 3. The van der Waals surface area contributed by atoms with Gasteiger partial charge in [-0.05, 0) is 85.3 Å². The van der Waals surface area contributed by atoms with Gasteiger partial charge in [-0.15, -0.1) is 18.3 Å². The average molecular weight is 591 g/mol. The third kappa shape index (κ3) is 6.08. The number of ether oxygens (including phenoxy) is 1. The molecule has 3 saturated heterocycles. The Morgan fingerprint density at radius 2 is 1.88 bits per heavy atom. The minimum absolute atomic E-state index is 0. The van der Waals surface area contributed by atoms with Crippen molar-refractivity contribution in [3.05, 3.63) is 119 Å². The lowest BCUT2D eigenvalue weighted by atomic mass is 9.73. The van der Waals surface area contributed by atoms with Crippen LogP contribution in [0, 0.1) is 11.8 Å². The molecule has 0 aliphatic carbocycles. The van der Waals surface area contributed by atoms with Crippen molar-refractivity contribution in [2.24, 2.45) is 11.8 Å². The Labute approximate surface area is 251 Å². The first-order valence-corrected chi connectivity index (χ1v) is 14.8. The van der Waals surface area contributed by atoms with Gasteiger partial charge in [-0.2, -0.15) is 0 Å². The van der Waals surface area contributed by atoms with Crippen LogP contribution in [0.1, 0.15) is 40.4 Å². The summed E-state index contributed by atoms with van der Waals surface area (Å²) in [5.41, 5.74) is 3.66. The number of carbonyl (C=O) groups is 1. The lowest BCUT2D eigenvalue weighted by Crippen LogP contribution is -3.00. The number of pyridine rings is 1. The Balaban J connectivity index is 0.00000323. The standard InChI is InChI=1S/C33H31ClN2O2S.ClH/c1-2-23-20-36-18-16-25(23)19-31(36)32(29-15-17-35-30-6-4-3-5-28(29)30)38-33(37)24-9-7-22(8-10-24)21-39-27-13-11-26(34)12-14-27;/h2-15,17,23,25,31-32H,1,16,18-21H2;1H/p-1. The first kappa shape index (κ1) is 28.7. The number of halogens is 2. The molecule has 0 N–H and O–H groups in total. The molecule has 3 aliphatic heterocycles. The van der Waals surface area contributed by atoms with Crippen molar-refractivity contribution < 1.29 is 21.9 Å². The fraction of sp³-hybridized carbons (Fsp3) is 0.273. The Kier molecular flexibility index (Phi) is 9.17. The van der Waals surface area contributed by atoms with Gasteiger partial charge < -0.3 is 17.1 Å². The number of nitrogens with zero attached hydrogens (tertiary/aromatic N) is 2. The van der Waals surface area contributed by atoms with Crippen molar-refractivity contribution in [1.82, 2.24) is 9.88 Å². The fourth-order valence-corrected chi connectivity index (χ4v) is 7.01. The van der Waals surface area contributed by atoms with E-state index in [2.05, 4.69) is 28.6 Å². The second-order valence-electron chi connectivity index (χ2n) is 10.4. The van der Waals surface area contributed by atoms with Crippen LogP contribution in [0.15, 0.2) is 103 Å². The molecule has 0 spiro atoms. The van der Waals surface area contributed by atoms with Crippen molar-refractivity contribution >= 4 is 40.2 Å². The maximum absolute atomic E-state index is 13.6. The summed E-state index contributed by atoms with van der Waals surface area (Å²) in [5, 5.41) is 1.77. The molecule has 2 bridgehead atoms. The second-order valence-corrected chi connectivity index (χ2v) is 11.9. The molecule has 7 heteroatoms. The maximum atomic E-state index is 13.6. The van der Waals surface area contributed by atoms with Gasteiger partial charge in [0.2, 0.25) is 0 Å². The fourth-order valence-electron chi connectivity index (χ4n) is 6.03. The normalized spacial score (nSPS) is 22.3. The van der Waals surface area contributed by atoms with Crippen molar-refractivity contribution in [3.63, 3.8) is 0 Å². The first-order valence-electron chi connectivity index (χ1n) is 13.5. The predicted octanol–water partition coefficient (Wildman–Crippen LogP) is 4.98. The Morgan fingerprint density at radius 3 is 2.60 bits per heavy atom. The number of hydrogen-bond donors (Lipinski definition) is 0. The van der Waals surface area contributed by atoms with Crippen LogP contribution >= 0.6 is 23.4 Å². The van der Waals surface area contributed by atoms with Crippen LogP contribution in [-0.2, 0) is 10.5 Å². The molecular formula is C33H31Cl2N2O2S-. The summed E-state index contributed by atoms with van der Waals surface area (Å²) in [6.45, 7) is 6.07. The number of carbonyl (C=O) groups excluding carboxylic acids is 1. The van der Waals surface area contributed by atoms with E-state index in [0.717, 1.165) is 57.2 Å². The summed E-state index contributed by atoms with van der Waals surface area (Å²) in [6.07, 6.45) is 5.71. The van der Waals surface area contributed by atoms with Gasteiger partial charge in [-0.1, -0.05) is 48.0 Å². The highest BCUT2D eigenvalue weighted by Crippen LogP contribution is 2.43. The molecule has 206 valence electrons. The molecule has 3 aromatic carbocycles. The molecule has 4 aromatic rings. The summed E-state index contributed by atoms with van der Waals surface area (Å²) in [7, 11) is 0. The van der Waals surface area contributed by atoms with Crippen LogP contribution in [0.5, 0.6) is 0 Å². The van der Waals surface area contributed by atoms with E-state index in [0.29, 0.717) is 17.4 Å². The third-order valence-electron chi connectivity index (χ3n) is 8.14. The molecule has 5 unspecified atom stereocenters. The van der Waals surface area contributed by atoms with Gasteiger partial charge in [0.25, 0.3) is 0 Å². The van der Waals surface area contributed by atoms with Crippen LogP contribution in [0.2, 0.25) is 5.02 Å². The number of fused-ring (bicyclic) bond motifs is 4. The lowest BCUT2D eigenvalue weighted by molar-refractivity contribution is -0.0568. The van der Waals surface area contributed by atoms with Crippen LogP contribution < -0.4 is 12.4 Å². The van der Waals surface area contributed by atoms with E-state index in [-0.39, 0.29) is 30.5 Å². The summed E-state index contributed by atoms with van der Waals surface area (Å²) in [6, 6.07) is 25.9. The number of hydrogen-bond acceptors (Lipinski definition) is 5. The van der Waals surface area contributed by atoms with E-state index >= 15 is 0 Å². The van der Waals surface area contributed by atoms with E-state index < -0.39 is 0 Å². The number of thioether (sulfide) groups is 1. The highest BCUT2D eigenvalue weighted by molar-refractivity contribution is 7.98. The van der Waals surface area contributed by atoms with Gasteiger partial charge in [-0.3, -0.25) is 9.88 Å². The van der Waals surface area contributed by atoms with Crippen LogP contribution in [0.3, 0.4) is 0 Å². The highest BCUT2D eigenvalue weighted by Gasteiger charge is 2.44. The molecule has 0 saturated carbocycles. The second kappa shape index (κ2) is 12.8. The van der Waals surface area contributed by atoms with E-state index in [9.17, 15) is 4.79 Å². The van der Waals surface area contributed by atoms with Gasteiger partial charge in [0.15, 0.2) is 0 Å². The van der Waals surface area contributed by atoms with Gasteiger partial charge in [0, 0.05) is 39.4 Å². The van der Waals surface area contributed by atoms with Crippen molar-refractivity contribution in [2.75, 3.05) is 13.1 Å². The quantitative estimate of drug-likeness (QED) is 0.165. The molecule has 4 nitrogen and oxygen atoms in total. The van der Waals surface area contributed by atoms with Crippen molar-refractivity contribution in [3.8, 4) is 0 Å². The van der Waals surface area contributed by atoms with Crippen molar-refractivity contribution in [2.45, 2.75) is 35.6 Å². The molecule has 40 heavy (non-hydrogen) atoms. The summed E-state index contributed by atoms with van der Waals surface area (Å²) in [5.74, 6) is 1.59. The maximum Gasteiger partial charge on any atom is 0.338 e. The van der Waals surface area contributed by atoms with Crippen LogP contribution in [0.4, 0.5) is 0 Å². The average Bonchev–Trinajstić information content (AvgIpc) is 2.99. The van der Waals surface area contributed by atoms with E-state index in [4.69, 9.17) is 16.3 Å². The summed E-state index contributed by atoms with van der Waals surface area (Å²) in [4.78, 5) is 21.8. The SMILES string of the molecule is C=CC1CN2CCC1CC2C(OC(=O)c1ccc(CSc2ccc(Cl)cc2)cc1)c1ccnc2ccccc12.[Cl-]. The molecule has 4 heterocycles. The highest BCUT2D eigenvalue weighted by atomic mass is 35.5. The molecule has 0 radical (unpaired) electrons. The van der Waals surface area contributed by atoms with E-state index in [1.165, 1.54) is 6.42 Å². The summed E-state index contributed by atoms with van der Waals surface area (Å²) >= 11 is 7.74. The van der Waals surface area contributed by atoms with Crippen molar-refractivity contribution in [1.29, 1.82) is 0 Å². The van der Waals surface area contributed by atoms with Gasteiger partial charge in [0.1, 0.15) is 6.10 Å². The van der Waals surface area contributed by atoms with Gasteiger partial charge in [-0.25, -0.2) is 4.79 Å². The predicted molar refractivity (Wildman–Crippen MR) is 159 cm³/mol. The van der Waals surface area contributed by atoms with Gasteiger partial charge >= 0.3 is 5.97 Å². The summed E-state index contributed by atoms with van der Waals surface area (Å²) < 4.78 is 6.42. The minimum atomic E-state index is -0.376. The Morgan fingerprint density at radius 1 is 1.10 bits per heavy atom. The Hall–Kier alpha value is -2.83. The number of benzene rings is 3. The molecule has 7 rings (SSSR count). The first-order chi connectivity index (χ1) is 19.1. The zero-order chi connectivity index (χ0) is 26.8. The smallest absolute Gasteiger partial charge is 0.338 e.